The molecule has 1 aromatic rings. The van der Waals surface area contributed by atoms with E-state index in [4.69, 9.17) is 0 Å². The lowest BCUT2D eigenvalue weighted by Gasteiger charge is -2.25. The third-order valence-electron chi connectivity index (χ3n) is 3.66. The number of aryl methyl sites for hydroxylation is 1. The number of rotatable bonds is 4. The van der Waals surface area contributed by atoms with Crippen LogP contribution in [-0.2, 0) is 11.3 Å². The van der Waals surface area contributed by atoms with Crippen molar-refractivity contribution in [2.24, 2.45) is 4.99 Å². The summed E-state index contributed by atoms with van der Waals surface area (Å²) in [4.78, 5) is 21.4. The van der Waals surface area contributed by atoms with E-state index in [0.717, 1.165) is 17.4 Å². The van der Waals surface area contributed by atoms with Gasteiger partial charge >= 0.3 is 0 Å². The molecule has 2 rings (SSSR count). The van der Waals surface area contributed by atoms with Crippen LogP contribution in [0.15, 0.2) is 4.99 Å². The molecule has 1 aliphatic heterocycles. The molecule has 1 fully saturated rings. The van der Waals surface area contributed by atoms with Gasteiger partial charge in [0.25, 0.3) is 0 Å². The van der Waals surface area contributed by atoms with Gasteiger partial charge in [-0.2, -0.15) is 0 Å². The normalized spacial score (nSPS) is 18.4. The van der Waals surface area contributed by atoms with E-state index in [-0.39, 0.29) is 35.9 Å². The first-order valence-corrected chi connectivity index (χ1v) is 8.51. The van der Waals surface area contributed by atoms with Crippen molar-refractivity contribution in [3.8, 4) is 0 Å². The van der Waals surface area contributed by atoms with E-state index < -0.39 is 0 Å². The van der Waals surface area contributed by atoms with Crippen LogP contribution in [-0.4, -0.2) is 36.5 Å². The van der Waals surface area contributed by atoms with Gasteiger partial charge in [0, 0.05) is 30.9 Å². The van der Waals surface area contributed by atoms with Crippen LogP contribution in [0, 0.1) is 6.92 Å². The maximum absolute atomic E-state index is 11.2. The Kier molecular flexibility index (Phi) is 8.24. The van der Waals surface area contributed by atoms with Crippen molar-refractivity contribution in [1.82, 2.24) is 20.9 Å². The summed E-state index contributed by atoms with van der Waals surface area (Å²) < 4.78 is 0. The molecular weight excluding hydrogens is 425 g/mol. The molecule has 0 aromatic carbocycles. The predicted molar refractivity (Wildman–Crippen MR) is 106 cm³/mol. The molecule has 3 N–H and O–H groups in total. The van der Waals surface area contributed by atoms with Crippen molar-refractivity contribution in [2.75, 3.05) is 13.6 Å². The second-order valence-electron chi connectivity index (χ2n) is 5.81. The number of thiazole rings is 1. The Balaban J connectivity index is 0.00000264. The summed E-state index contributed by atoms with van der Waals surface area (Å²) >= 11 is 1.73. The molecule has 1 unspecified atom stereocenters. The van der Waals surface area contributed by atoms with Crippen molar-refractivity contribution in [3.63, 3.8) is 0 Å². The van der Waals surface area contributed by atoms with E-state index >= 15 is 0 Å². The average Bonchev–Trinajstić information content (AvgIpc) is 2.87. The molecule has 130 valence electrons. The second kappa shape index (κ2) is 9.41. The Morgan fingerprint density at radius 3 is 2.78 bits per heavy atom. The van der Waals surface area contributed by atoms with Crippen LogP contribution < -0.4 is 16.0 Å². The lowest BCUT2D eigenvalue weighted by atomic mass is 10.1. The quantitative estimate of drug-likeness (QED) is 0.373. The highest BCUT2D eigenvalue weighted by atomic mass is 127. The Morgan fingerprint density at radius 2 is 2.26 bits per heavy atom. The third kappa shape index (κ3) is 5.91. The Labute approximate surface area is 159 Å². The zero-order chi connectivity index (χ0) is 16.1. The molecule has 0 bridgehead atoms. The number of nitrogens with one attached hydrogen (secondary N) is 3. The van der Waals surface area contributed by atoms with Gasteiger partial charge in [-0.3, -0.25) is 9.79 Å². The summed E-state index contributed by atoms with van der Waals surface area (Å²) in [6.07, 6.45) is 1.40. The van der Waals surface area contributed by atoms with Crippen molar-refractivity contribution >= 4 is 47.2 Å². The van der Waals surface area contributed by atoms with Crippen molar-refractivity contribution < 1.29 is 4.79 Å². The van der Waals surface area contributed by atoms with Gasteiger partial charge in [0.05, 0.1) is 12.2 Å². The molecular formula is C15H26IN5OS. The summed E-state index contributed by atoms with van der Waals surface area (Å²) in [7, 11) is 1.75. The fourth-order valence-electron chi connectivity index (χ4n) is 2.48. The Morgan fingerprint density at radius 1 is 1.52 bits per heavy atom. The lowest BCUT2D eigenvalue weighted by molar-refractivity contribution is -0.122. The van der Waals surface area contributed by atoms with Gasteiger partial charge in [-0.25, -0.2) is 4.98 Å². The van der Waals surface area contributed by atoms with E-state index in [2.05, 4.69) is 46.7 Å². The van der Waals surface area contributed by atoms with Crippen molar-refractivity contribution in [1.29, 1.82) is 0 Å². The number of hydrogen-bond donors (Lipinski definition) is 3. The van der Waals surface area contributed by atoms with E-state index in [1.165, 1.54) is 10.6 Å². The van der Waals surface area contributed by atoms with Gasteiger partial charge in [0.2, 0.25) is 5.91 Å². The molecule has 2 heterocycles. The molecule has 1 aliphatic rings. The maximum atomic E-state index is 11.2. The van der Waals surface area contributed by atoms with Crippen LogP contribution >= 0.6 is 35.3 Å². The third-order valence-corrected chi connectivity index (χ3v) is 4.65. The molecule has 8 heteroatoms. The van der Waals surface area contributed by atoms with Crippen molar-refractivity contribution in [3.05, 3.63) is 15.6 Å². The summed E-state index contributed by atoms with van der Waals surface area (Å²) in [5.74, 6) is 1.33. The van der Waals surface area contributed by atoms with Crippen LogP contribution in [0.5, 0.6) is 0 Å². The van der Waals surface area contributed by atoms with E-state index in [1.54, 1.807) is 18.4 Å². The molecule has 23 heavy (non-hydrogen) atoms. The number of guanidine groups is 1. The van der Waals surface area contributed by atoms with Gasteiger partial charge in [0.15, 0.2) is 5.96 Å². The topological polar surface area (TPSA) is 78.4 Å². The van der Waals surface area contributed by atoms with Gasteiger partial charge in [0.1, 0.15) is 5.01 Å². The van der Waals surface area contributed by atoms with Crippen LogP contribution in [0.2, 0.25) is 0 Å². The molecule has 6 nitrogen and oxygen atoms in total. The fourth-order valence-corrected chi connectivity index (χ4v) is 3.51. The molecule has 0 radical (unpaired) electrons. The first-order valence-electron chi connectivity index (χ1n) is 7.69. The fraction of sp³-hybridized carbons (Fsp3) is 0.667. The van der Waals surface area contributed by atoms with Gasteiger partial charge in [-0.1, -0.05) is 13.8 Å². The number of carbonyl (C=O) groups excluding carboxylic acids is 1. The number of aliphatic imine (C=N–C) groups is 1. The second-order valence-corrected chi connectivity index (χ2v) is 7.10. The Hall–Kier alpha value is -0.900. The van der Waals surface area contributed by atoms with Gasteiger partial charge < -0.3 is 16.0 Å². The minimum atomic E-state index is 0. The number of piperidine rings is 1. The molecule has 0 aliphatic carbocycles. The number of carbonyl (C=O) groups is 1. The van der Waals surface area contributed by atoms with Crippen LogP contribution in [0.1, 0.15) is 48.2 Å². The van der Waals surface area contributed by atoms with E-state index in [0.29, 0.717) is 25.4 Å². The molecule has 0 saturated carbocycles. The predicted octanol–water partition coefficient (Wildman–Crippen LogP) is 2.14. The van der Waals surface area contributed by atoms with Crippen LogP contribution in [0.4, 0.5) is 0 Å². The molecule has 1 aromatic heterocycles. The standard InChI is InChI=1S/C15H25N5OS.HI/c1-9(2)14-10(3)22-13(20-14)8-18-15(16-4)19-11-5-6-12(21)17-7-11;/h9,11H,5-8H2,1-4H3,(H,17,21)(H2,16,18,19);1H. The summed E-state index contributed by atoms with van der Waals surface area (Å²) in [5, 5.41) is 10.6. The van der Waals surface area contributed by atoms with Gasteiger partial charge in [-0.15, -0.1) is 35.3 Å². The minimum absolute atomic E-state index is 0. The van der Waals surface area contributed by atoms with Crippen LogP contribution in [0.3, 0.4) is 0 Å². The molecule has 0 spiro atoms. The average molecular weight is 451 g/mol. The zero-order valence-corrected chi connectivity index (χ0v) is 17.2. The summed E-state index contributed by atoms with van der Waals surface area (Å²) in [6, 6.07) is 0.230. The van der Waals surface area contributed by atoms with Crippen LogP contribution in [0.25, 0.3) is 0 Å². The molecule has 1 atom stereocenters. The van der Waals surface area contributed by atoms with Gasteiger partial charge in [-0.05, 0) is 19.3 Å². The first-order chi connectivity index (χ1) is 10.5. The highest BCUT2D eigenvalue weighted by Crippen LogP contribution is 2.23. The number of halogens is 1. The Bertz CT molecular complexity index is 548. The van der Waals surface area contributed by atoms with E-state index in [1.807, 2.05) is 0 Å². The lowest BCUT2D eigenvalue weighted by Crippen LogP contribution is -2.51. The smallest absolute Gasteiger partial charge is 0.220 e. The highest BCUT2D eigenvalue weighted by molar-refractivity contribution is 14.0. The monoisotopic (exact) mass is 451 g/mol. The number of aromatic nitrogens is 1. The number of hydrogen-bond acceptors (Lipinski definition) is 4. The summed E-state index contributed by atoms with van der Waals surface area (Å²) in [5.41, 5.74) is 1.18. The highest BCUT2D eigenvalue weighted by Gasteiger charge is 2.19. The minimum Gasteiger partial charge on any atom is -0.354 e. The van der Waals surface area contributed by atoms with Crippen molar-refractivity contribution in [2.45, 2.75) is 52.1 Å². The molecule has 1 saturated heterocycles. The largest absolute Gasteiger partial charge is 0.354 e. The SMILES string of the molecule is CN=C(NCc1nc(C(C)C)c(C)s1)NC1CCC(=O)NC1.I. The maximum Gasteiger partial charge on any atom is 0.220 e. The molecule has 1 amide bonds. The zero-order valence-electron chi connectivity index (χ0n) is 14.1. The first kappa shape index (κ1) is 20.1. The number of nitrogens with zero attached hydrogens (tertiary/aromatic N) is 2. The summed E-state index contributed by atoms with van der Waals surface area (Å²) in [6.45, 7) is 7.76. The van der Waals surface area contributed by atoms with E-state index in [9.17, 15) is 4.79 Å². The number of amides is 1.